The second kappa shape index (κ2) is 10.0. The normalized spacial score (nSPS) is 14.1. The highest BCUT2D eigenvalue weighted by Crippen LogP contribution is 2.27. The third-order valence-electron chi connectivity index (χ3n) is 6.70. The average Bonchev–Trinajstić information content (AvgIpc) is 2.85. The van der Waals surface area contributed by atoms with E-state index in [9.17, 15) is 14.9 Å². The molecule has 1 fully saturated rings. The summed E-state index contributed by atoms with van der Waals surface area (Å²) in [5.41, 5.74) is 4.91. The number of carbonyl (C=O) groups excluding carboxylic acids is 1. The Morgan fingerprint density at radius 3 is 2.11 bits per heavy atom. The number of nitrogens with zero attached hydrogens (tertiary/aromatic N) is 5. The maximum atomic E-state index is 13.1. The first kappa shape index (κ1) is 25.3. The van der Waals surface area contributed by atoms with Gasteiger partial charge in [-0.05, 0) is 42.5 Å². The maximum absolute atomic E-state index is 13.1. The van der Waals surface area contributed by atoms with E-state index >= 15 is 0 Å². The van der Waals surface area contributed by atoms with Crippen molar-refractivity contribution in [2.45, 2.75) is 46.5 Å². The van der Waals surface area contributed by atoms with Gasteiger partial charge in [0.1, 0.15) is 11.6 Å². The van der Waals surface area contributed by atoms with Gasteiger partial charge in [0.15, 0.2) is 0 Å². The van der Waals surface area contributed by atoms with Crippen LogP contribution >= 0.6 is 0 Å². The second-order valence-electron chi connectivity index (χ2n) is 10.4. The molecule has 0 bridgehead atoms. The van der Waals surface area contributed by atoms with Gasteiger partial charge in [0.2, 0.25) is 0 Å². The predicted octanol–water partition coefficient (Wildman–Crippen LogP) is 4.85. The van der Waals surface area contributed by atoms with E-state index in [1.165, 1.54) is 17.7 Å². The Hall–Kier alpha value is -3.81. The molecule has 1 aliphatic heterocycles. The van der Waals surface area contributed by atoms with E-state index in [1.54, 1.807) is 12.1 Å². The zero-order valence-corrected chi connectivity index (χ0v) is 21.6. The van der Waals surface area contributed by atoms with Crippen molar-refractivity contribution in [3.63, 3.8) is 0 Å². The summed E-state index contributed by atoms with van der Waals surface area (Å²) in [7, 11) is 0. The molecule has 8 nitrogen and oxygen atoms in total. The number of anilines is 1. The molecule has 2 heterocycles. The molecule has 0 atom stereocenters. The van der Waals surface area contributed by atoms with Gasteiger partial charge in [0, 0.05) is 61.6 Å². The summed E-state index contributed by atoms with van der Waals surface area (Å²) in [6, 6.07) is 14.5. The van der Waals surface area contributed by atoms with Gasteiger partial charge in [-0.25, -0.2) is 9.97 Å². The number of hydrogen-bond donors (Lipinski definition) is 0. The molecule has 0 radical (unpaired) electrons. The number of carbonyl (C=O) groups is 1. The maximum Gasteiger partial charge on any atom is 0.269 e. The van der Waals surface area contributed by atoms with Crippen molar-refractivity contribution in [1.29, 1.82) is 0 Å². The van der Waals surface area contributed by atoms with Crippen LogP contribution in [-0.2, 0) is 11.8 Å². The van der Waals surface area contributed by atoms with Crippen LogP contribution in [0.2, 0.25) is 0 Å². The lowest BCUT2D eigenvalue weighted by Crippen LogP contribution is -2.49. The highest BCUT2D eigenvalue weighted by molar-refractivity contribution is 5.94. The number of benzene rings is 2. The van der Waals surface area contributed by atoms with Crippen LogP contribution in [0.1, 0.15) is 59.3 Å². The zero-order chi connectivity index (χ0) is 26.0. The second-order valence-corrected chi connectivity index (χ2v) is 10.4. The fourth-order valence-corrected chi connectivity index (χ4v) is 4.54. The van der Waals surface area contributed by atoms with Crippen molar-refractivity contribution in [2.24, 2.45) is 0 Å². The van der Waals surface area contributed by atoms with E-state index in [-0.39, 0.29) is 17.0 Å². The fraction of sp³-hybridized carbons (Fsp3) is 0.393. The molecule has 1 amide bonds. The number of amides is 1. The molecule has 2 aromatic carbocycles. The average molecular weight is 488 g/mol. The van der Waals surface area contributed by atoms with Crippen LogP contribution in [0.5, 0.6) is 0 Å². The van der Waals surface area contributed by atoms with Gasteiger partial charge in [-0.2, -0.15) is 0 Å². The lowest BCUT2D eigenvalue weighted by atomic mass is 9.86. The smallest absolute Gasteiger partial charge is 0.269 e. The van der Waals surface area contributed by atoms with Crippen LogP contribution in [0.4, 0.5) is 11.5 Å². The largest absolute Gasteiger partial charge is 0.353 e. The third-order valence-corrected chi connectivity index (χ3v) is 6.70. The predicted molar refractivity (Wildman–Crippen MR) is 141 cm³/mol. The number of hydrogen-bond acceptors (Lipinski definition) is 6. The van der Waals surface area contributed by atoms with Gasteiger partial charge in [-0.3, -0.25) is 14.9 Å². The summed E-state index contributed by atoms with van der Waals surface area (Å²) in [4.78, 5) is 37.2. The van der Waals surface area contributed by atoms with E-state index < -0.39 is 4.92 Å². The Morgan fingerprint density at radius 1 is 0.944 bits per heavy atom. The molecule has 0 spiro atoms. The lowest BCUT2D eigenvalue weighted by Gasteiger charge is -2.36. The van der Waals surface area contributed by atoms with Crippen LogP contribution in [0.25, 0.3) is 0 Å². The van der Waals surface area contributed by atoms with Crippen molar-refractivity contribution < 1.29 is 9.72 Å². The molecule has 8 heteroatoms. The summed E-state index contributed by atoms with van der Waals surface area (Å²) in [5, 5.41) is 11.0. The van der Waals surface area contributed by atoms with Gasteiger partial charge >= 0.3 is 0 Å². The van der Waals surface area contributed by atoms with Gasteiger partial charge in [0.25, 0.3) is 11.6 Å². The highest BCUT2D eigenvalue weighted by Gasteiger charge is 2.26. The number of aryl methyl sites for hydroxylation is 2. The molecule has 0 unspecified atom stereocenters. The first-order valence-electron chi connectivity index (χ1n) is 12.2. The molecule has 0 saturated carbocycles. The molecule has 36 heavy (non-hydrogen) atoms. The van der Waals surface area contributed by atoms with Crippen molar-refractivity contribution in [2.75, 3.05) is 31.1 Å². The quantitative estimate of drug-likeness (QED) is 0.377. The molecule has 0 aliphatic carbocycles. The number of nitro groups is 1. The Labute approximate surface area is 212 Å². The topological polar surface area (TPSA) is 92.5 Å². The van der Waals surface area contributed by atoms with E-state index in [1.807, 2.05) is 43.0 Å². The summed E-state index contributed by atoms with van der Waals surface area (Å²) >= 11 is 0. The molecular weight excluding hydrogens is 454 g/mol. The number of piperazine rings is 1. The van der Waals surface area contributed by atoms with Gasteiger partial charge in [0.05, 0.1) is 4.92 Å². The fourth-order valence-electron chi connectivity index (χ4n) is 4.54. The van der Waals surface area contributed by atoms with Crippen LogP contribution in [0.15, 0.2) is 48.5 Å². The Bertz CT molecular complexity index is 1260. The Morgan fingerprint density at radius 2 is 1.56 bits per heavy atom. The van der Waals surface area contributed by atoms with Crippen LogP contribution in [0.3, 0.4) is 0 Å². The van der Waals surface area contributed by atoms with E-state index in [0.717, 1.165) is 22.6 Å². The van der Waals surface area contributed by atoms with E-state index in [0.29, 0.717) is 44.0 Å². The molecule has 0 N–H and O–H groups in total. The first-order valence-corrected chi connectivity index (χ1v) is 12.2. The standard InChI is InChI=1S/C28H33N5O3/c1-19-25(18-21-6-12-24(13-7-21)33(35)36)26(30-20(2)29-19)31-14-16-32(17-15-31)27(34)22-8-10-23(11-9-22)28(3,4)5/h6-13H,14-18H2,1-5H3. The first-order chi connectivity index (χ1) is 17.0. The van der Waals surface area contributed by atoms with Crippen LogP contribution < -0.4 is 4.90 Å². The van der Waals surface area contributed by atoms with E-state index in [4.69, 9.17) is 4.98 Å². The molecule has 3 aromatic rings. The van der Waals surface area contributed by atoms with Gasteiger partial charge in [-0.15, -0.1) is 0 Å². The monoisotopic (exact) mass is 487 g/mol. The molecule has 188 valence electrons. The summed E-state index contributed by atoms with van der Waals surface area (Å²) < 4.78 is 0. The molecule has 1 aromatic heterocycles. The molecule has 1 aliphatic rings. The minimum atomic E-state index is -0.394. The number of non-ortho nitro benzene ring substituents is 1. The molecule has 1 saturated heterocycles. The number of rotatable bonds is 5. The van der Waals surface area contributed by atoms with Crippen LogP contribution in [-0.4, -0.2) is 51.9 Å². The summed E-state index contributed by atoms with van der Waals surface area (Å²) in [5.74, 6) is 1.63. The third kappa shape index (κ3) is 5.53. The number of aromatic nitrogens is 2. The zero-order valence-electron chi connectivity index (χ0n) is 21.6. The van der Waals surface area contributed by atoms with Crippen molar-refractivity contribution in [3.05, 3.63) is 92.4 Å². The minimum Gasteiger partial charge on any atom is -0.353 e. The van der Waals surface area contributed by atoms with Crippen molar-refractivity contribution in [3.8, 4) is 0 Å². The van der Waals surface area contributed by atoms with Gasteiger partial charge < -0.3 is 9.80 Å². The molecular formula is C28H33N5O3. The minimum absolute atomic E-state index is 0.0488. The highest BCUT2D eigenvalue weighted by atomic mass is 16.6. The van der Waals surface area contributed by atoms with Gasteiger partial charge in [-0.1, -0.05) is 45.0 Å². The van der Waals surface area contributed by atoms with Crippen molar-refractivity contribution >= 4 is 17.4 Å². The SMILES string of the molecule is Cc1nc(C)c(Cc2ccc([N+](=O)[O-])cc2)c(N2CCN(C(=O)c3ccc(C(C)(C)C)cc3)CC2)n1. The van der Waals surface area contributed by atoms with E-state index in [2.05, 4.69) is 30.7 Å². The summed E-state index contributed by atoms with van der Waals surface area (Å²) in [6.45, 7) is 12.9. The Kier molecular flexibility index (Phi) is 7.06. The lowest BCUT2D eigenvalue weighted by molar-refractivity contribution is -0.384. The molecule has 4 rings (SSSR count). The summed E-state index contributed by atoms with van der Waals surface area (Å²) in [6.07, 6.45) is 0.582. The van der Waals surface area contributed by atoms with Crippen LogP contribution in [0, 0.1) is 24.0 Å². The Balaban J connectivity index is 1.48. The number of nitro benzene ring substituents is 1. The van der Waals surface area contributed by atoms with Crippen molar-refractivity contribution in [1.82, 2.24) is 14.9 Å².